The van der Waals surface area contributed by atoms with Crippen molar-refractivity contribution in [2.24, 2.45) is 0 Å². The second-order valence-corrected chi connectivity index (χ2v) is 5.94. The van der Waals surface area contributed by atoms with E-state index in [0.717, 1.165) is 10.6 Å². The van der Waals surface area contributed by atoms with Gasteiger partial charge in [0, 0.05) is 16.8 Å². The van der Waals surface area contributed by atoms with Crippen LogP contribution in [0.1, 0.15) is 10.4 Å². The lowest BCUT2D eigenvalue weighted by molar-refractivity contribution is -0.176. The van der Waals surface area contributed by atoms with E-state index in [2.05, 4.69) is 15.0 Å². The molecule has 1 aromatic heterocycles. The van der Waals surface area contributed by atoms with Crippen molar-refractivity contribution in [3.63, 3.8) is 0 Å². The van der Waals surface area contributed by atoms with Crippen molar-refractivity contribution < 1.29 is 17.9 Å². The van der Waals surface area contributed by atoms with Gasteiger partial charge in [-0.2, -0.15) is 13.2 Å². The number of ether oxygens (including phenoxy) is 1. The van der Waals surface area contributed by atoms with Gasteiger partial charge in [-0.3, -0.25) is 0 Å². The molecule has 0 fully saturated rings. The van der Waals surface area contributed by atoms with Crippen LogP contribution in [0, 0.1) is 0 Å². The van der Waals surface area contributed by atoms with E-state index in [0.29, 0.717) is 16.6 Å². The molecule has 1 N–H and O–H groups in total. The molecule has 114 valence electrons. The second kappa shape index (κ2) is 7.11. The van der Waals surface area contributed by atoms with Gasteiger partial charge in [-0.15, -0.1) is 11.3 Å². The highest BCUT2D eigenvalue weighted by Gasteiger charge is 2.27. The Bertz CT molecular complexity index is 572. The standard InChI is InChI=1S/C13H12ClF3N2OS/c14-12-19-6-11(21-12)5-18-10-3-1-9(2-4-10)7-20-8-13(15,16)17/h1-4,6,18H,5,7-8H2. The molecule has 1 heterocycles. The van der Waals surface area contributed by atoms with E-state index in [1.807, 2.05) is 0 Å². The maximum absolute atomic E-state index is 11.9. The van der Waals surface area contributed by atoms with Crippen LogP contribution in [0.5, 0.6) is 0 Å². The molecule has 21 heavy (non-hydrogen) atoms. The zero-order valence-corrected chi connectivity index (χ0v) is 12.4. The second-order valence-electron chi connectivity index (χ2n) is 4.24. The van der Waals surface area contributed by atoms with Gasteiger partial charge in [-0.05, 0) is 17.7 Å². The summed E-state index contributed by atoms with van der Waals surface area (Å²) in [5.74, 6) is 0. The number of nitrogens with zero attached hydrogens (tertiary/aromatic N) is 1. The Labute approximate surface area is 128 Å². The highest BCUT2D eigenvalue weighted by atomic mass is 35.5. The molecule has 0 aliphatic carbocycles. The van der Waals surface area contributed by atoms with Gasteiger partial charge in [-0.1, -0.05) is 23.7 Å². The van der Waals surface area contributed by atoms with Crippen molar-refractivity contribution in [2.75, 3.05) is 11.9 Å². The fourth-order valence-electron chi connectivity index (χ4n) is 1.56. The maximum Gasteiger partial charge on any atom is 0.411 e. The predicted octanol–water partition coefficient (Wildman–Crippen LogP) is 4.49. The molecule has 2 aromatic rings. The Morgan fingerprint density at radius 1 is 1.24 bits per heavy atom. The smallest absolute Gasteiger partial charge is 0.380 e. The van der Waals surface area contributed by atoms with Gasteiger partial charge in [-0.25, -0.2) is 4.98 Å². The first kappa shape index (κ1) is 16.1. The lowest BCUT2D eigenvalue weighted by atomic mass is 10.2. The molecule has 3 nitrogen and oxygen atoms in total. The van der Waals surface area contributed by atoms with E-state index < -0.39 is 12.8 Å². The number of hydrogen-bond donors (Lipinski definition) is 1. The Morgan fingerprint density at radius 2 is 1.95 bits per heavy atom. The quantitative estimate of drug-likeness (QED) is 0.844. The van der Waals surface area contributed by atoms with E-state index in [1.165, 1.54) is 11.3 Å². The van der Waals surface area contributed by atoms with Crippen LogP contribution in [0.4, 0.5) is 18.9 Å². The highest BCUT2D eigenvalue weighted by Crippen LogP contribution is 2.20. The van der Waals surface area contributed by atoms with Gasteiger partial charge in [0.05, 0.1) is 13.2 Å². The summed E-state index contributed by atoms with van der Waals surface area (Å²) in [6.07, 6.45) is -2.60. The molecule has 0 aliphatic rings. The number of hydrogen-bond acceptors (Lipinski definition) is 4. The van der Waals surface area contributed by atoms with Gasteiger partial charge in [0.1, 0.15) is 6.61 Å². The molecule has 0 atom stereocenters. The third-order valence-electron chi connectivity index (χ3n) is 2.48. The monoisotopic (exact) mass is 336 g/mol. The van der Waals surface area contributed by atoms with Gasteiger partial charge in [0.25, 0.3) is 0 Å². The van der Waals surface area contributed by atoms with E-state index in [9.17, 15) is 13.2 Å². The minimum absolute atomic E-state index is 0.0652. The number of nitrogens with one attached hydrogen (secondary N) is 1. The van der Waals surface area contributed by atoms with Crippen molar-refractivity contribution in [2.45, 2.75) is 19.3 Å². The summed E-state index contributed by atoms with van der Waals surface area (Å²) >= 11 is 7.12. The molecule has 0 spiro atoms. The van der Waals surface area contributed by atoms with Crippen LogP contribution in [-0.4, -0.2) is 17.8 Å². The molecule has 0 amide bonds. The van der Waals surface area contributed by atoms with E-state index in [-0.39, 0.29) is 6.61 Å². The van der Waals surface area contributed by atoms with E-state index in [4.69, 9.17) is 11.6 Å². The number of halogens is 4. The molecule has 0 unspecified atom stereocenters. The van der Waals surface area contributed by atoms with Crippen LogP contribution in [0.15, 0.2) is 30.5 Å². The molecule has 0 radical (unpaired) electrons. The number of aromatic nitrogens is 1. The Kier molecular flexibility index (Phi) is 5.44. The molecule has 0 saturated carbocycles. The van der Waals surface area contributed by atoms with Crippen molar-refractivity contribution in [1.29, 1.82) is 0 Å². The van der Waals surface area contributed by atoms with Gasteiger partial charge >= 0.3 is 6.18 Å². The van der Waals surface area contributed by atoms with E-state index >= 15 is 0 Å². The van der Waals surface area contributed by atoms with Crippen LogP contribution in [0.3, 0.4) is 0 Å². The van der Waals surface area contributed by atoms with Crippen molar-refractivity contribution >= 4 is 28.6 Å². The normalized spacial score (nSPS) is 11.6. The van der Waals surface area contributed by atoms with Crippen LogP contribution >= 0.6 is 22.9 Å². The minimum Gasteiger partial charge on any atom is -0.380 e. The molecule has 0 bridgehead atoms. The van der Waals surface area contributed by atoms with Crippen LogP contribution in [0.25, 0.3) is 0 Å². The summed E-state index contributed by atoms with van der Waals surface area (Å²) in [6.45, 7) is -0.711. The zero-order chi connectivity index (χ0) is 15.3. The molecular formula is C13H12ClF3N2OS. The highest BCUT2D eigenvalue weighted by molar-refractivity contribution is 7.15. The van der Waals surface area contributed by atoms with Crippen LogP contribution in [-0.2, 0) is 17.9 Å². The number of alkyl halides is 3. The fraction of sp³-hybridized carbons (Fsp3) is 0.308. The van der Waals surface area contributed by atoms with Crippen LogP contribution < -0.4 is 5.32 Å². The number of benzene rings is 1. The topological polar surface area (TPSA) is 34.1 Å². The lowest BCUT2D eigenvalue weighted by Gasteiger charge is -2.09. The van der Waals surface area contributed by atoms with Gasteiger partial charge in [0.2, 0.25) is 0 Å². The Balaban J connectivity index is 1.79. The number of anilines is 1. The summed E-state index contributed by atoms with van der Waals surface area (Å²) < 4.78 is 40.9. The molecule has 0 aliphatic heterocycles. The third-order valence-corrected chi connectivity index (χ3v) is 3.60. The summed E-state index contributed by atoms with van der Waals surface area (Å²) in [7, 11) is 0. The molecule has 8 heteroatoms. The first-order valence-electron chi connectivity index (χ1n) is 6.00. The van der Waals surface area contributed by atoms with E-state index in [1.54, 1.807) is 30.5 Å². The predicted molar refractivity (Wildman–Crippen MR) is 76.6 cm³/mol. The zero-order valence-electron chi connectivity index (χ0n) is 10.8. The van der Waals surface area contributed by atoms with Crippen molar-refractivity contribution in [3.8, 4) is 0 Å². The van der Waals surface area contributed by atoms with Gasteiger partial charge < -0.3 is 10.1 Å². The summed E-state index contributed by atoms with van der Waals surface area (Å²) in [6, 6.07) is 7.01. The summed E-state index contributed by atoms with van der Waals surface area (Å²) in [5.41, 5.74) is 1.55. The molecule has 1 aromatic carbocycles. The lowest BCUT2D eigenvalue weighted by Crippen LogP contribution is -2.16. The minimum atomic E-state index is -4.29. The Hall–Kier alpha value is -1.31. The van der Waals surface area contributed by atoms with Crippen LogP contribution in [0.2, 0.25) is 4.47 Å². The largest absolute Gasteiger partial charge is 0.411 e. The summed E-state index contributed by atoms with van der Waals surface area (Å²) in [5, 5.41) is 3.17. The number of thiazole rings is 1. The third kappa shape index (κ3) is 5.91. The molecule has 0 saturated heterocycles. The van der Waals surface area contributed by atoms with Crippen molar-refractivity contribution in [1.82, 2.24) is 4.98 Å². The molecule has 2 rings (SSSR count). The summed E-state index contributed by atoms with van der Waals surface area (Å²) in [4.78, 5) is 4.93. The first-order valence-corrected chi connectivity index (χ1v) is 7.19. The van der Waals surface area contributed by atoms with Gasteiger partial charge in [0.15, 0.2) is 4.47 Å². The fourth-order valence-corrected chi connectivity index (χ4v) is 2.48. The maximum atomic E-state index is 11.9. The average molecular weight is 337 g/mol. The molecular weight excluding hydrogens is 325 g/mol. The SMILES string of the molecule is FC(F)(F)COCc1ccc(NCc2cnc(Cl)s2)cc1. The average Bonchev–Trinajstić information content (AvgIpc) is 2.82. The number of rotatable bonds is 6. The van der Waals surface area contributed by atoms with Crippen molar-refractivity contribution in [3.05, 3.63) is 45.4 Å². The first-order chi connectivity index (χ1) is 9.92. The Morgan fingerprint density at radius 3 is 2.52 bits per heavy atom.